The summed E-state index contributed by atoms with van der Waals surface area (Å²) in [6.07, 6.45) is 0.113. The first-order valence-electron chi connectivity index (χ1n) is 5.14. The van der Waals surface area contributed by atoms with Crippen LogP contribution in [-0.4, -0.2) is 41.9 Å². The van der Waals surface area contributed by atoms with Crippen LogP contribution in [0.15, 0.2) is 24.3 Å². The molecule has 1 aromatic rings. The fourth-order valence-corrected chi connectivity index (χ4v) is 1.52. The molecule has 4 nitrogen and oxygen atoms in total. The van der Waals surface area contributed by atoms with Crippen molar-refractivity contribution in [1.82, 2.24) is 4.90 Å². The van der Waals surface area contributed by atoms with Gasteiger partial charge >= 0.3 is 5.97 Å². The average molecular weight is 239 g/mol. The molecule has 0 aliphatic heterocycles. The second kappa shape index (κ2) is 6.10. The summed E-state index contributed by atoms with van der Waals surface area (Å²) in [7, 11) is 1.55. The van der Waals surface area contributed by atoms with Gasteiger partial charge < -0.3 is 5.11 Å². The highest BCUT2D eigenvalue weighted by atomic mass is 19.1. The molecule has 0 heterocycles. The Balaban J connectivity index is 2.47. The highest BCUT2D eigenvalue weighted by molar-refractivity contribution is 5.83. The normalized spacial score (nSPS) is 10.5. The number of rotatable bonds is 6. The molecule has 1 rings (SSSR count). The molecule has 0 aromatic heterocycles. The van der Waals surface area contributed by atoms with Gasteiger partial charge in [-0.1, -0.05) is 12.1 Å². The number of hydrogen-bond donors (Lipinski definition) is 1. The molecule has 0 radical (unpaired) electrons. The summed E-state index contributed by atoms with van der Waals surface area (Å²) in [5, 5.41) is 8.52. The predicted molar refractivity (Wildman–Crippen MR) is 60.2 cm³/mol. The quantitative estimate of drug-likeness (QED) is 0.803. The van der Waals surface area contributed by atoms with Crippen LogP contribution in [0.25, 0.3) is 0 Å². The first kappa shape index (κ1) is 13.3. The van der Waals surface area contributed by atoms with Gasteiger partial charge in [-0.25, -0.2) is 4.39 Å². The van der Waals surface area contributed by atoms with Crippen molar-refractivity contribution in [3.63, 3.8) is 0 Å². The predicted octanol–water partition coefficient (Wildman–Crippen LogP) is 0.954. The molecule has 0 aliphatic carbocycles. The number of Topliss-reactive ketones (excluding diaryl/α,β-unsaturated/α-hetero) is 1. The number of carbonyl (C=O) groups is 2. The van der Waals surface area contributed by atoms with E-state index in [4.69, 9.17) is 5.11 Å². The van der Waals surface area contributed by atoms with Crippen LogP contribution < -0.4 is 0 Å². The summed E-state index contributed by atoms with van der Waals surface area (Å²) in [5.41, 5.74) is 0.596. The van der Waals surface area contributed by atoms with Crippen molar-refractivity contribution in [3.8, 4) is 0 Å². The van der Waals surface area contributed by atoms with E-state index in [9.17, 15) is 14.0 Å². The number of aliphatic carboxylic acids is 1. The van der Waals surface area contributed by atoms with E-state index in [0.29, 0.717) is 5.56 Å². The molecule has 0 saturated carbocycles. The summed E-state index contributed by atoms with van der Waals surface area (Å²) in [6.45, 7) is -0.141. The van der Waals surface area contributed by atoms with Crippen molar-refractivity contribution < 1.29 is 19.1 Å². The summed E-state index contributed by atoms with van der Waals surface area (Å²) in [5.74, 6) is -1.50. The summed E-state index contributed by atoms with van der Waals surface area (Å²) < 4.78 is 12.9. The lowest BCUT2D eigenvalue weighted by molar-refractivity contribution is -0.138. The fraction of sp³-hybridized carbons (Fsp3) is 0.333. The first-order valence-corrected chi connectivity index (χ1v) is 5.14. The van der Waals surface area contributed by atoms with Gasteiger partial charge in [0.25, 0.3) is 0 Å². The fourth-order valence-electron chi connectivity index (χ4n) is 1.52. The van der Waals surface area contributed by atoms with Crippen molar-refractivity contribution in [1.29, 1.82) is 0 Å². The zero-order valence-electron chi connectivity index (χ0n) is 9.52. The maximum Gasteiger partial charge on any atom is 0.317 e. The lowest BCUT2D eigenvalue weighted by Gasteiger charge is -2.12. The zero-order valence-corrected chi connectivity index (χ0v) is 9.52. The van der Waals surface area contributed by atoms with Crippen LogP contribution in [0.3, 0.4) is 0 Å². The largest absolute Gasteiger partial charge is 0.480 e. The van der Waals surface area contributed by atoms with E-state index in [-0.39, 0.29) is 31.1 Å². The molecule has 0 amide bonds. The van der Waals surface area contributed by atoms with Gasteiger partial charge in [0.15, 0.2) is 5.78 Å². The monoisotopic (exact) mass is 239 g/mol. The third kappa shape index (κ3) is 5.21. The minimum atomic E-state index is -0.981. The molecule has 0 fully saturated rings. The van der Waals surface area contributed by atoms with Gasteiger partial charge in [-0.2, -0.15) is 0 Å². The third-order valence-electron chi connectivity index (χ3n) is 2.14. The van der Waals surface area contributed by atoms with Crippen LogP contribution in [0.4, 0.5) is 4.39 Å². The Morgan fingerprint density at radius 1 is 1.35 bits per heavy atom. The topological polar surface area (TPSA) is 57.6 Å². The molecular weight excluding hydrogens is 225 g/mol. The van der Waals surface area contributed by atoms with E-state index in [2.05, 4.69) is 0 Å². The molecule has 1 aromatic carbocycles. The van der Waals surface area contributed by atoms with E-state index in [0.717, 1.165) is 0 Å². The summed E-state index contributed by atoms with van der Waals surface area (Å²) in [6, 6.07) is 5.82. The Morgan fingerprint density at radius 3 is 2.65 bits per heavy atom. The molecule has 5 heteroatoms. The molecule has 92 valence electrons. The number of benzene rings is 1. The Hall–Kier alpha value is -1.75. The molecule has 0 atom stereocenters. The Morgan fingerprint density at radius 2 is 2.06 bits per heavy atom. The average Bonchev–Trinajstić information content (AvgIpc) is 2.14. The van der Waals surface area contributed by atoms with Crippen LogP contribution in [-0.2, 0) is 16.0 Å². The third-order valence-corrected chi connectivity index (χ3v) is 2.14. The highest BCUT2D eigenvalue weighted by Crippen LogP contribution is 2.05. The van der Waals surface area contributed by atoms with E-state index in [1.807, 2.05) is 0 Å². The van der Waals surface area contributed by atoms with Gasteiger partial charge in [0.2, 0.25) is 0 Å². The zero-order chi connectivity index (χ0) is 12.8. The van der Waals surface area contributed by atoms with Gasteiger partial charge in [0.05, 0.1) is 13.1 Å². The number of carboxylic acids is 1. The minimum absolute atomic E-state index is 0.0445. The smallest absolute Gasteiger partial charge is 0.317 e. The van der Waals surface area contributed by atoms with E-state index >= 15 is 0 Å². The molecule has 1 N–H and O–H groups in total. The summed E-state index contributed by atoms with van der Waals surface area (Å²) >= 11 is 0. The van der Waals surface area contributed by atoms with Crippen molar-refractivity contribution in [2.24, 2.45) is 0 Å². The van der Waals surface area contributed by atoms with Crippen molar-refractivity contribution >= 4 is 11.8 Å². The summed E-state index contributed by atoms with van der Waals surface area (Å²) in [4.78, 5) is 23.4. The molecule has 0 saturated heterocycles. The number of nitrogens with zero attached hydrogens (tertiary/aromatic N) is 1. The number of carbonyl (C=O) groups excluding carboxylic acids is 1. The van der Waals surface area contributed by atoms with E-state index < -0.39 is 5.97 Å². The van der Waals surface area contributed by atoms with Crippen molar-refractivity contribution in [2.75, 3.05) is 20.1 Å². The van der Waals surface area contributed by atoms with Crippen LogP contribution in [0.5, 0.6) is 0 Å². The second-order valence-electron chi connectivity index (χ2n) is 3.91. The van der Waals surface area contributed by atoms with Crippen molar-refractivity contribution in [2.45, 2.75) is 6.42 Å². The Kier molecular flexibility index (Phi) is 4.78. The standard InChI is InChI=1S/C12H14FNO3/c1-14(8-12(16)17)7-11(15)6-9-3-2-4-10(13)5-9/h2-5H,6-8H2,1H3,(H,16,17). The Bertz CT molecular complexity index is 420. The molecular formula is C12H14FNO3. The highest BCUT2D eigenvalue weighted by Gasteiger charge is 2.10. The second-order valence-corrected chi connectivity index (χ2v) is 3.91. The van der Waals surface area contributed by atoms with Crippen LogP contribution in [0.1, 0.15) is 5.56 Å². The van der Waals surface area contributed by atoms with E-state index in [1.54, 1.807) is 19.2 Å². The minimum Gasteiger partial charge on any atom is -0.480 e. The van der Waals surface area contributed by atoms with Crippen molar-refractivity contribution in [3.05, 3.63) is 35.6 Å². The van der Waals surface area contributed by atoms with Gasteiger partial charge in [-0.15, -0.1) is 0 Å². The van der Waals surface area contributed by atoms with Gasteiger partial charge in [-0.3, -0.25) is 14.5 Å². The van der Waals surface area contributed by atoms with Crippen LogP contribution >= 0.6 is 0 Å². The maximum absolute atomic E-state index is 12.9. The lowest BCUT2D eigenvalue weighted by atomic mass is 10.1. The van der Waals surface area contributed by atoms with E-state index in [1.165, 1.54) is 17.0 Å². The molecule has 0 spiro atoms. The number of hydrogen-bond acceptors (Lipinski definition) is 3. The molecule has 0 bridgehead atoms. The number of ketones is 1. The SMILES string of the molecule is CN(CC(=O)O)CC(=O)Cc1cccc(F)c1. The first-order chi connectivity index (χ1) is 7.97. The number of carboxylic acid groups (broad SMARTS) is 1. The maximum atomic E-state index is 12.9. The number of halogens is 1. The van der Waals surface area contributed by atoms with Gasteiger partial charge in [0.1, 0.15) is 5.82 Å². The molecule has 0 aliphatic rings. The lowest BCUT2D eigenvalue weighted by Crippen LogP contribution is -2.31. The van der Waals surface area contributed by atoms with Crippen LogP contribution in [0.2, 0.25) is 0 Å². The molecule has 0 unspecified atom stereocenters. The molecule has 17 heavy (non-hydrogen) atoms. The number of likely N-dealkylation sites (N-methyl/N-ethyl adjacent to an activating group) is 1. The van der Waals surface area contributed by atoms with Crippen LogP contribution in [0, 0.1) is 5.82 Å². The van der Waals surface area contributed by atoms with Gasteiger partial charge in [-0.05, 0) is 24.7 Å². The van der Waals surface area contributed by atoms with Gasteiger partial charge in [0, 0.05) is 6.42 Å². The Labute approximate surface area is 98.7 Å².